The maximum Gasteiger partial charge on any atom is 0.409 e. The van der Waals surface area contributed by atoms with E-state index in [0.717, 1.165) is 6.07 Å². The van der Waals surface area contributed by atoms with E-state index in [9.17, 15) is 22.0 Å². The summed E-state index contributed by atoms with van der Waals surface area (Å²) in [6, 6.07) is 1.15. The second-order valence-electron chi connectivity index (χ2n) is 3.03. The molecule has 0 aromatic heterocycles. The summed E-state index contributed by atoms with van der Waals surface area (Å²) in [5.41, 5.74) is -0.843. The molecule has 6 heteroatoms. The second-order valence-corrected chi connectivity index (χ2v) is 3.46. The van der Waals surface area contributed by atoms with Crippen LogP contribution in [0.3, 0.4) is 0 Å². The van der Waals surface area contributed by atoms with Gasteiger partial charge < -0.3 is 0 Å². The number of hydrogen-bond donors (Lipinski definition) is 0. The van der Waals surface area contributed by atoms with Crippen LogP contribution in [0, 0.1) is 18.6 Å². The molecule has 1 aromatic carbocycles. The van der Waals surface area contributed by atoms with Gasteiger partial charge in [0, 0.05) is 11.6 Å². The van der Waals surface area contributed by atoms with Gasteiger partial charge in [0.1, 0.15) is 11.6 Å². The average Bonchev–Trinajstić information content (AvgIpc) is 2.08. The summed E-state index contributed by atoms with van der Waals surface area (Å²) >= 11 is 5.02. The predicted molar refractivity (Wildman–Crippen MR) is 45.7 cm³/mol. The van der Waals surface area contributed by atoms with E-state index in [0.29, 0.717) is 6.07 Å². The van der Waals surface area contributed by atoms with Crippen LogP contribution in [0.25, 0.3) is 0 Å². The second kappa shape index (κ2) is 3.96. The topological polar surface area (TPSA) is 0 Å². The normalized spacial score (nSPS) is 14.1. The van der Waals surface area contributed by atoms with Gasteiger partial charge in [-0.15, -0.1) is 11.6 Å². The van der Waals surface area contributed by atoms with Crippen molar-refractivity contribution >= 4 is 11.6 Å². The fraction of sp³-hybridized carbons (Fsp3) is 0.333. The van der Waals surface area contributed by atoms with Crippen molar-refractivity contribution in [1.82, 2.24) is 0 Å². The Hall–Kier alpha value is -0.840. The molecule has 0 bridgehead atoms. The first-order valence-electron chi connectivity index (χ1n) is 3.90. The molecule has 0 heterocycles. The smallest absolute Gasteiger partial charge is 0.207 e. The number of hydrogen-bond acceptors (Lipinski definition) is 0. The molecule has 1 rings (SSSR count). The van der Waals surface area contributed by atoms with Crippen LogP contribution < -0.4 is 0 Å². The van der Waals surface area contributed by atoms with Crippen LogP contribution in [-0.4, -0.2) is 6.18 Å². The van der Waals surface area contributed by atoms with Crippen LogP contribution in [0.2, 0.25) is 0 Å². The Kier molecular flexibility index (Phi) is 3.23. The van der Waals surface area contributed by atoms with Gasteiger partial charge in [0.15, 0.2) is 5.38 Å². The Morgan fingerprint density at radius 2 is 1.67 bits per heavy atom. The van der Waals surface area contributed by atoms with E-state index in [2.05, 4.69) is 0 Å². The Morgan fingerprint density at radius 3 is 2.13 bits per heavy atom. The molecule has 15 heavy (non-hydrogen) atoms. The van der Waals surface area contributed by atoms with E-state index in [1.165, 1.54) is 6.92 Å². The molecule has 0 spiro atoms. The van der Waals surface area contributed by atoms with E-state index in [4.69, 9.17) is 11.6 Å². The van der Waals surface area contributed by atoms with Crippen molar-refractivity contribution in [2.24, 2.45) is 0 Å². The van der Waals surface area contributed by atoms with Crippen molar-refractivity contribution in [1.29, 1.82) is 0 Å². The Balaban J connectivity index is 3.21. The summed E-state index contributed by atoms with van der Waals surface area (Å²) in [6.07, 6.45) is -4.76. The number of rotatable bonds is 1. The Morgan fingerprint density at radius 1 is 1.13 bits per heavy atom. The zero-order valence-electron chi connectivity index (χ0n) is 7.50. The molecular weight excluding hydrogens is 239 g/mol. The number of benzene rings is 1. The molecule has 1 atom stereocenters. The molecule has 0 fully saturated rings. The molecular formula is C9H6ClF5. The molecule has 84 valence electrons. The number of halogens is 6. The molecule has 0 saturated heterocycles. The standard InChI is InChI=1S/C9H6ClF5/c1-4-2-5(7(12)3-6(4)11)8(10)9(13,14)15/h2-3,8H,1H3. The van der Waals surface area contributed by atoms with Gasteiger partial charge in [-0.1, -0.05) is 0 Å². The summed E-state index contributed by atoms with van der Waals surface area (Å²) in [7, 11) is 0. The third kappa shape index (κ3) is 2.59. The van der Waals surface area contributed by atoms with Gasteiger partial charge in [-0.25, -0.2) is 8.78 Å². The first-order chi connectivity index (χ1) is 6.73. The minimum atomic E-state index is -4.76. The van der Waals surface area contributed by atoms with Gasteiger partial charge in [-0.3, -0.25) is 0 Å². The summed E-state index contributed by atoms with van der Waals surface area (Å²) < 4.78 is 62.2. The minimum absolute atomic E-state index is 0.0821. The zero-order chi connectivity index (χ0) is 11.8. The van der Waals surface area contributed by atoms with Crippen molar-refractivity contribution in [3.63, 3.8) is 0 Å². The molecule has 0 saturated carbocycles. The van der Waals surface area contributed by atoms with Crippen LogP contribution in [0.5, 0.6) is 0 Å². The Labute approximate surface area is 87.7 Å². The van der Waals surface area contributed by atoms with Crippen LogP contribution in [-0.2, 0) is 0 Å². The van der Waals surface area contributed by atoms with E-state index in [1.807, 2.05) is 0 Å². The Bertz CT molecular complexity index is 372. The summed E-state index contributed by atoms with van der Waals surface area (Å²) in [5, 5.41) is -2.46. The highest BCUT2D eigenvalue weighted by Crippen LogP contribution is 2.39. The van der Waals surface area contributed by atoms with Crippen LogP contribution in [0.15, 0.2) is 12.1 Å². The van der Waals surface area contributed by atoms with E-state index >= 15 is 0 Å². The third-order valence-corrected chi connectivity index (χ3v) is 2.32. The lowest BCUT2D eigenvalue weighted by Crippen LogP contribution is -2.17. The largest absolute Gasteiger partial charge is 0.409 e. The highest BCUT2D eigenvalue weighted by atomic mass is 35.5. The van der Waals surface area contributed by atoms with Crippen LogP contribution in [0.1, 0.15) is 16.5 Å². The molecule has 0 aliphatic carbocycles. The predicted octanol–water partition coefficient (Wildman–Crippen LogP) is 4.12. The fourth-order valence-electron chi connectivity index (χ4n) is 1.05. The monoisotopic (exact) mass is 244 g/mol. The SMILES string of the molecule is Cc1cc(C(Cl)C(F)(F)F)c(F)cc1F. The molecule has 0 radical (unpaired) electrons. The van der Waals surface area contributed by atoms with Crippen LogP contribution >= 0.6 is 11.6 Å². The third-order valence-electron chi connectivity index (χ3n) is 1.84. The van der Waals surface area contributed by atoms with E-state index in [-0.39, 0.29) is 5.56 Å². The maximum atomic E-state index is 13.0. The highest BCUT2D eigenvalue weighted by Gasteiger charge is 2.41. The first kappa shape index (κ1) is 12.2. The van der Waals surface area contributed by atoms with Crippen molar-refractivity contribution in [3.8, 4) is 0 Å². The van der Waals surface area contributed by atoms with Gasteiger partial charge in [-0.05, 0) is 18.6 Å². The summed E-state index contributed by atoms with van der Waals surface area (Å²) in [5.74, 6) is -2.20. The molecule has 1 unspecified atom stereocenters. The average molecular weight is 245 g/mol. The maximum absolute atomic E-state index is 13.0. The quantitative estimate of drug-likeness (QED) is 0.515. The van der Waals surface area contributed by atoms with Crippen LogP contribution in [0.4, 0.5) is 22.0 Å². The summed E-state index contributed by atoms with van der Waals surface area (Å²) in [4.78, 5) is 0. The fourth-order valence-corrected chi connectivity index (χ4v) is 1.22. The van der Waals surface area contributed by atoms with Crippen molar-refractivity contribution in [2.75, 3.05) is 0 Å². The van der Waals surface area contributed by atoms with Gasteiger partial charge in [0.2, 0.25) is 0 Å². The highest BCUT2D eigenvalue weighted by molar-refractivity contribution is 6.21. The number of aryl methyl sites for hydroxylation is 1. The van der Waals surface area contributed by atoms with Gasteiger partial charge >= 0.3 is 6.18 Å². The molecule has 0 N–H and O–H groups in total. The summed E-state index contributed by atoms with van der Waals surface area (Å²) in [6.45, 7) is 1.23. The van der Waals surface area contributed by atoms with Crippen molar-refractivity contribution in [2.45, 2.75) is 18.5 Å². The lowest BCUT2D eigenvalue weighted by atomic mass is 10.1. The van der Waals surface area contributed by atoms with Crippen molar-refractivity contribution in [3.05, 3.63) is 34.9 Å². The molecule has 0 nitrogen and oxygen atoms in total. The van der Waals surface area contributed by atoms with Gasteiger partial charge in [-0.2, -0.15) is 13.2 Å². The lowest BCUT2D eigenvalue weighted by molar-refractivity contribution is -0.132. The lowest BCUT2D eigenvalue weighted by Gasteiger charge is -2.15. The van der Waals surface area contributed by atoms with Gasteiger partial charge in [0.05, 0.1) is 0 Å². The van der Waals surface area contributed by atoms with Crippen molar-refractivity contribution < 1.29 is 22.0 Å². The molecule has 1 aromatic rings. The van der Waals surface area contributed by atoms with E-state index < -0.39 is 28.8 Å². The molecule has 0 aliphatic rings. The minimum Gasteiger partial charge on any atom is -0.207 e. The molecule has 0 amide bonds. The molecule has 0 aliphatic heterocycles. The number of alkyl halides is 4. The first-order valence-corrected chi connectivity index (χ1v) is 4.33. The zero-order valence-corrected chi connectivity index (χ0v) is 8.26. The van der Waals surface area contributed by atoms with Gasteiger partial charge in [0.25, 0.3) is 0 Å². The van der Waals surface area contributed by atoms with E-state index in [1.54, 1.807) is 0 Å².